The number of rotatable bonds is 6. The molecule has 3 unspecified atom stereocenters. The largest absolute Gasteiger partial charge is 0.481 e. The average molecular weight is 289 g/mol. The molecule has 0 aliphatic heterocycles. The van der Waals surface area contributed by atoms with Crippen molar-refractivity contribution in [1.82, 2.24) is 5.32 Å². The van der Waals surface area contributed by atoms with Gasteiger partial charge in [0.05, 0.1) is 0 Å². The highest BCUT2D eigenvalue weighted by atomic mass is 16.4. The van der Waals surface area contributed by atoms with Gasteiger partial charge in [0.1, 0.15) is 5.41 Å². The lowest BCUT2D eigenvalue weighted by Crippen LogP contribution is -2.45. The van der Waals surface area contributed by atoms with Crippen molar-refractivity contribution < 1.29 is 14.7 Å². The van der Waals surface area contributed by atoms with Crippen LogP contribution in [0.15, 0.2) is 30.3 Å². The fraction of sp³-hybridized carbons (Fsp3) is 0.529. The van der Waals surface area contributed by atoms with Gasteiger partial charge in [0.25, 0.3) is 0 Å². The number of aliphatic carboxylic acids is 1. The van der Waals surface area contributed by atoms with E-state index in [1.165, 1.54) is 0 Å². The Morgan fingerprint density at radius 1 is 1.38 bits per heavy atom. The summed E-state index contributed by atoms with van der Waals surface area (Å²) in [5.41, 5.74) is -0.308. The molecule has 1 aliphatic rings. The first-order valence-corrected chi connectivity index (χ1v) is 7.40. The van der Waals surface area contributed by atoms with Gasteiger partial charge in [-0.25, -0.2) is 0 Å². The molecule has 0 radical (unpaired) electrons. The zero-order chi connectivity index (χ0) is 15.7. The van der Waals surface area contributed by atoms with E-state index in [0.29, 0.717) is 5.56 Å². The second-order valence-corrected chi connectivity index (χ2v) is 6.49. The molecule has 2 N–H and O–H groups in total. The van der Waals surface area contributed by atoms with Crippen LogP contribution in [0, 0.1) is 11.3 Å². The molecule has 0 bridgehead atoms. The van der Waals surface area contributed by atoms with E-state index in [1.807, 2.05) is 18.2 Å². The zero-order valence-corrected chi connectivity index (χ0v) is 12.8. The summed E-state index contributed by atoms with van der Waals surface area (Å²) in [4.78, 5) is 23.8. The van der Waals surface area contributed by atoms with Crippen LogP contribution in [0.25, 0.3) is 0 Å². The van der Waals surface area contributed by atoms with Gasteiger partial charge in [0.15, 0.2) is 0 Å². The predicted octanol–water partition coefficient (Wildman–Crippen LogP) is 2.58. The first kappa shape index (κ1) is 15.5. The van der Waals surface area contributed by atoms with Gasteiger partial charge in [0.2, 0.25) is 5.91 Å². The van der Waals surface area contributed by atoms with Crippen molar-refractivity contribution in [2.75, 3.05) is 6.54 Å². The number of amides is 1. The molecule has 0 aromatic heterocycles. The molecule has 4 heteroatoms. The van der Waals surface area contributed by atoms with Crippen LogP contribution in [0.2, 0.25) is 0 Å². The third-order valence-electron chi connectivity index (χ3n) is 4.97. The Labute approximate surface area is 125 Å². The maximum atomic E-state index is 12.2. The van der Waals surface area contributed by atoms with Gasteiger partial charge in [-0.2, -0.15) is 0 Å². The minimum atomic E-state index is -1.10. The Bertz CT molecular complexity index is 542. The summed E-state index contributed by atoms with van der Waals surface area (Å²) in [5, 5.41) is 12.4. The summed E-state index contributed by atoms with van der Waals surface area (Å²) < 4.78 is 0. The molecule has 1 saturated carbocycles. The normalized spacial score (nSPS) is 26.7. The van der Waals surface area contributed by atoms with Crippen LogP contribution in [-0.2, 0) is 15.0 Å². The van der Waals surface area contributed by atoms with E-state index in [-0.39, 0.29) is 23.8 Å². The van der Waals surface area contributed by atoms with Crippen LogP contribution >= 0.6 is 0 Å². The zero-order valence-electron chi connectivity index (χ0n) is 12.8. The van der Waals surface area contributed by atoms with E-state index in [0.717, 1.165) is 12.8 Å². The van der Waals surface area contributed by atoms with Crippen molar-refractivity contribution in [3.05, 3.63) is 35.9 Å². The number of nitrogens with one attached hydrogen (secondary N) is 1. The lowest BCUT2D eigenvalue weighted by molar-refractivity contribution is -0.143. The second kappa shape index (κ2) is 5.51. The highest BCUT2D eigenvalue weighted by molar-refractivity contribution is 5.85. The maximum absolute atomic E-state index is 12.2. The van der Waals surface area contributed by atoms with E-state index in [1.54, 1.807) is 19.1 Å². The SMILES string of the molecule is CCC1(C)CC1C(=O)NCC(C)(C(=O)O)c1ccccc1. The van der Waals surface area contributed by atoms with Crippen molar-refractivity contribution in [3.63, 3.8) is 0 Å². The molecule has 1 fully saturated rings. The molecule has 2 rings (SSSR count). The highest BCUT2D eigenvalue weighted by Gasteiger charge is 2.53. The number of carbonyl (C=O) groups is 2. The lowest BCUT2D eigenvalue weighted by Gasteiger charge is -2.26. The van der Waals surface area contributed by atoms with Gasteiger partial charge in [-0.1, -0.05) is 44.2 Å². The Morgan fingerprint density at radius 2 is 2.00 bits per heavy atom. The fourth-order valence-electron chi connectivity index (χ4n) is 2.70. The lowest BCUT2D eigenvalue weighted by atomic mass is 9.82. The first-order chi connectivity index (χ1) is 9.83. The third-order valence-corrected chi connectivity index (χ3v) is 4.97. The monoisotopic (exact) mass is 289 g/mol. The van der Waals surface area contributed by atoms with Crippen LogP contribution in [0.3, 0.4) is 0 Å². The number of carboxylic acid groups (broad SMARTS) is 1. The summed E-state index contributed by atoms with van der Waals surface area (Å²) in [5.74, 6) is -0.929. The molecule has 0 spiro atoms. The van der Waals surface area contributed by atoms with Crippen molar-refractivity contribution in [2.24, 2.45) is 11.3 Å². The molecule has 21 heavy (non-hydrogen) atoms. The van der Waals surface area contributed by atoms with Gasteiger partial charge >= 0.3 is 5.97 Å². The van der Waals surface area contributed by atoms with Crippen LogP contribution < -0.4 is 5.32 Å². The Kier molecular flexibility index (Phi) is 4.08. The molecule has 1 aliphatic carbocycles. The highest BCUT2D eigenvalue weighted by Crippen LogP contribution is 2.54. The molecule has 3 atom stereocenters. The number of carbonyl (C=O) groups excluding carboxylic acids is 1. The van der Waals surface area contributed by atoms with Gasteiger partial charge in [-0.15, -0.1) is 0 Å². The van der Waals surface area contributed by atoms with Crippen molar-refractivity contribution in [1.29, 1.82) is 0 Å². The van der Waals surface area contributed by atoms with Crippen LogP contribution in [-0.4, -0.2) is 23.5 Å². The quantitative estimate of drug-likeness (QED) is 0.846. The summed E-state index contributed by atoms with van der Waals surface area (Å²) in [6.45, 7) is 5.95. The molecule has 1 amide bonds. The number of benzene rings is 1. The van der Waals surface area contributed by atoms with Crippen LogP contribution in [0.4, 0.5) is 0 Å². The van der Waals surface area contributed by atoms with Crippen molar-refractivity contribution in [2.45, 2.75) is 39.0 Å². The van der Waals surface area contributed by atoms with Crippen molar-refractivity contribution >= 4 is 11.9 Å². The van der Waals surface area contributed by atoms with Crippen molar-refractivity contribution in [3.8, 4) is 0 Å². The minimum absolute atomic E-state index is 0.0244. The number of hydrogen-bond acceptors (Lipinski definition) is 2. The van der Waals surface area contributed by atoms with E-state index in [2.05, 4.69) is 19.2 Å². The first-order valence-electron chi connectivity index (χ1n) is 7.40. The predicted molar refractivity (Wildman–Crippen MR) is 80.9 cm³/mol. The molecule has 4 nitrogen and oxygen atoms in total. The minimum Gasteiger partial charge on any atom is -0.481 e. The molecule has 114 valence electrons. The Balaban J connectivity index is 2.05. The van der Waals surface area contributed by atoms with Gasteiger partial charge < -0.3 is 10.4 Å². The van der Waals surface area contributed by atoms with E-state index in [9.17, 15) is 14.7 Å². The average Bonchev–Trinajstić information content (AvgIpc) is 3.18. The molecule has 1 aromatic rings. The standard InChI is InChI=1S/C17H23NO3/c1-4-16(2)10-13(16)14(19)18-11-17(3,15(20)21)12-8-6-5-7-9-12/h5-9,13H,4,10-11H2,1-3H3,(H,18,19)(H,20,21). The number of hydrogen-bond donors (Lipinski definition) is 2. The molecular formula is C17H23NO3. The van der Waals surface area contributed by atoms with Gasteiger partial charge in [-0.3, -0.25) is 9.59 Å². The Hall–Kier alpha value is -1.84. The fourth-order valence-corrected chi connectivity index (χ4v) is 2.70. The van der Waals surface area contributed by atoms with Crippen LogP contribution in [0.5, 0.6) is 0 Å². The second-order valence-electron chi connectivity index (χ2n) is 6.49. The van der Waals surface area contributed by atoms with Gasteiger partial charge in [-0.05, 0) is 30.7 Å². The molecule has 1 aromatic carbocycles. The summed E-state index contributed by atoms with van der Waals surface area (Å²) in [7, 11) is 0. The summed E-state index contributed by atoms with van der Waals surface area (Å²) in [6.07, 6.45) is 1.87. The number of carboxylic acids is 1. The summed E-state index contributed by atoms with van der Waals surface area (Å²) in [6, 6.07) is 9.04. The van der Waals surface area contributed by atoms with E-state index < -0.39 is 11.4 Å². The summed E-state index contributed by atoms with van der Waals surface area (Å²) >= 11 is 0. The van der Waals surface area contributed by atoms with Gasteiger partial charge in [0, 0.05) is 12.5 Å². The maximum Gasteiger partial charge on any atom is 0.315 e. The molecule has 0 saturated heterocycles. The topological polar surface area (TPSA) is 66.4 Å². The molecule has 0 heterocycles. The van der Waals surface area contributed by atoms with E-state index >= 15 is 0 Å². The Morgan fingerprint density at radius 3 is 2.48 bits per heavy atom. The van der Waals surface area contributed by atoms with Crippen LogP contribution in [0.1, 0.15) is 39.2 Å². The third kappa shape index (κ3) is 2.94. The molecular weight excluding hydrogens is 266 g/mol. The smallest absolute Gasteiger partial charge is 0.315 e. The van der Waals surface area contributed by atoms with E-state index in [4.69, 9.17) is 0 Å².